The molecule has 4 rings (SSSR count). The lowest BCUT2D eigenvalue weighted by Crippen LogP contribution is -2.26. The summed E-state index contributed by atoms with van der Waals surface area (Å²) in [6.07, 6.45) is 2.94. The molecule has 0 saturated carbocycles. The number of rotatable bonds is 8. The molecule has 8 nitrogen and oxygen atoms in total. The van der Waals surface area contributed by atoms with Crippen LogP contribution in [0.25, 0.3) is 17.0 Å². The topological polar surface area (TPSA) is 105 Å². The normalized spacial score (nSPS) is 11.4. The van der Waals surface area contributed by atoms with E-state index >= 15 is 0 Å². The molecule has 1 heterocycles. The van der Waals surface area contributed by atoms with Crippen LogP contribution in [-0.4, -0.2) is 35.1 Å². The van der Waals surface area contributed by atoms with Crippen LogP contribution < -0.4 is 10.1 Å². The van der Waals surface area contributed by atoms with E-state index in [9.17, 15) is 14.7 Å². The maximum atomic E-state index is 12.2. The van der Waals surface area contributed by atoms with E-state index in [1.54, 1.807) is 60.2 Å². The monoisotopic (exact) mass is 502 g/mol. The van der Waals surface area contributed by atoms with Crippen molar-refractivity contribution in [1.29, 1.82) is 0 Å². The van der Waals surface area contributed by atoms with Gasteiger partial charge in [-0.15, -0.1) is 10.2 Å². The summed E-state index contributed by atoms with van der Waals surface area (Å²) >= 11 is 6.29. The van der Waals surface area contributed by atoms with Crippen molar-refractivity contribution >= 4 is 46.1 Å². The van der Waals surface area contributed by atoms with Gasteiger partial charge in [0.05, 0.1) is 19.2 Å². The number of methoxy groups -OCH3 is 1. The number of carbonyl (C=O) groups excluding carboxylic acids is 2. The first kappa shape index (κ1) is 24.7. The largest absolute Gasteiger partial charge is 0.497 e. The predicted octanol–water partition coefficient (Wildman–Crippen LogP) is 5.50. The van der Waals surface area contributed by atoms with E-state index in [-0.39, 0.29) is 18.1 Å². The Hall–Kier alpha value is -4.43. The van der Waals surface area contributed by atoms with Crippen molar-refractivity contribution in [3.05, 3.63) is 95.0 Å². The Kier molecular flexibility index (Phi) is 7.77. The number of benzene rings is 3. The molecule has 0 fully saturated rings. The Morgan fingerprint density at radius 3 is 2.53 bits per heavy atom. The highest BCUT2D eigenvalue weighted by Crippen LogP contribution is 2.39. The van der Waals surface area contributed by atoms with Crippen LogP contribution >= 0.6 is 11.6 Å². The molecule has 0 aliphatic rings. The fraction of sp³-hybridized carbons (Fsp3) is 0.111. The lowest BCUT2D eigenvalue weighted by atomic mass is 10.2. The van der Waals surface area contributed by atoms with Gasteiger partial charge in [0.2, 0.25) is 11.8 Å². The number of aromatic nitrogens is 1. The Balaban J connectivity index is 1.43. The molecule has 2 amide bonds. The summed E-state index contributed by atoms with van der Waals surface area (Å²) < 4.78 is 6.75. The average molecular weight is 503 g/mol. The zero-order valence-corrected chi connectivity index (χ0v) is 20.1. The Bertz CT molecular complexity index is 1460. The van der Waals surface area contributed by atoms with Crippen molar-refractivity contribution in [2.75, 3.05) is 13.7 Å². The van der Waals surface area contributed by atoms with Gasteiger partial charge < -0.3 is 19.7 Å². The fourth-order valence-electron chi connectivity index (χ4n) is 3.58. The maximum Gasteiger partial charge on any atom is 0.283 e. The summed E-state index contributed by atoms with van der Waals surface area (Å²) in [7, 11) is 1.58. The molecule has 1 aromatic heterocycles. The standard InChI is InChI=1S/C27H23ClN4O4/c1-36-20-13-10-18(11-14-20)12-15-24(33)29-16-25(34)30-31-26-21-7-3-5-9-23(21)32(27(26)35)17-19-6-2-4-8-22(19)28/h2-15,35H,16-17H2,1H3,(H,29,33). The first-order valence-corrected chi connectivity index (χ1v) is 11.4. The first-order valence-electron chi connectivity index (χ1n) is 11.0. The highest BCUT2D eigenvalue weighted by molar-refractivity contribution is 6.31. The van der Waals surface area contributed by atoms with Crippen molar-refractivity contribution in [3.8, 4) is 11.6 Å². The number of aromatic hydroxyl groups is 1. The molecule has 0 bridgehead atoms. The molecule has 0 radical (unpaired) electrons. The van der Waals surface area contributed by atoms with E-state index in [0.717, 1.165) is 11.1 Å². The van der Waals surface area contributed by atoms with Crippen LogP contribution in [0.2, 0.25) is 5.02 Å². The van der Waals surface area contributed by atoms with Crippen molar-refractivity contribution in [2.24, 2.45) is 10.2 Å². The third-order valence-corrected chi connectivity index (χ3v) is 5.79. The Morgan fingerprint density at radius 1 is 1.06 bits per heavy atom. The lowest BCUT2D eigenvalue weighted by molar-refractivity contribution is -0.122. The molecule has 0 spiro atoms. The minimum atomic E-state index is -0.663. The number of halogens is 1. The number of nitrogens with one attached hydrogen (secondary N) is 1. The van der Waals surface area contributed by atoms with Gasteiger partial charge in [-0.1, -0.05) is 60.1 Å². The lowest BCUT2D eigenvalue weighted by Gasteiger charge is -2.08. The number of azo groups is 1. The zero-order valence-electron chi connectivity index (χ0n) is 19.4. The van der Waals surface area contributed by atoms with Crippen LogP contribution in [0.1, 0.15) is 11.1 Å². The van der Waals surface area contributed by atoms with Gasteiger partial charge in [0.15, 0.2) is 5.69 Å². The van der Waals surface area contributed by atoms with Gasteiger partial charge in [-0.25, -0.2) is 0 Å². The number of fused-ring (bicyclic) bond motifs is 1. The third kappa shape index (κ3) is 5.79. The molecule has 182 valence electrons. The third-order valence-electron chi connectivity index (χ3n) is 5.42. The summed E-state index contributed by atoms with van der Waals surface area (Å²) in [4.78, 5) is 24.3. The molecule has 9 heteroatoms. The molecule has 36 heavy (non-hydrogen) atoms. The molecule has 0 atom stereocenters. The highest BCUT2D eigenvalue weighted by atomic mass is 35.5. The molecular weight excluding hydrogens is 480 g/mol. The van der Waals surface area contributed by atoms with Gasteiger partial charge >= 0.3 is 0 Å². The number of carbonyl (C=O) groups is 2. The van der Waals surface area contributed by atoms with Gasteiger partial charge in [0.25, 0.3) is 5.91 Å². The van der Waals surface area contributed by atoms with Crippen LogP contribution in [-0.2, 0) is 16.1 Å². The molecule has 0 unspecified atom stereocenters. The van der Waals surface area contributed by atoms with Crippen LogP contribution in [0.15, 0.2) is 89.1 Å². The van der Waals surface area contributed by atoms with Crippen LogP contribution in [0.3, 0.4) is 0 Å². The maximum absolute atomic E-state index is 12.2. The minimum absolute atomic E-state index is 0.140. The second-order valence-electron chi connectivity index (χ2n) is 7.78. The summed E-state index contributed by atoms with van der Waals surface area (Å²) in [5.41, 5.74) is 2.51. The fourth-order valence-corrected chi connectivity index (χ4v) is 3.77. The van der Waals surface area contributed by atoms with Gasteiger partial charge in [0, 0.05) is 16.5 Å². The first-order chi connectivity index (χ1) is 17.5. The molecule has 0 aliphatic heterocycles. The molecule has 3 aromatic carbocycles. The van der Waals surface area contributed by atoms with E-state index in [1.807, 2.05) is 30.3 Å². The quantitative estimate of drug-likeness (QED) is 0.245. The number of ether oxygens (including phenoxy) is 1. The number of hydrogen-bond donors (Lipinski definition) is 2. The van der Waals surface area contributed by atoms with E-state index in [1.165, 1.54) is 6.08 Å². The van der Waals surface area contributed by atoms with E-state index < -0.39 is 11.8 Å². The van der Waals surface area contributed by atoms with Crippen molar-refractivity contribution in [3.63, 3.8) is 0 Å². The minimum Gasteiger partial charge on any atom is -0.497 e. The smallest absolute Gasteiger partial charge is 0.283 e. The van der Waals surface area contributed by atoms with Gasteiger partial charge in [-0.05, 0) is 41.5 Å². The molecule has 2 N–H and O–H groups in total. The van der Waals surface area contributed by atoms with Gasteiger partial charge in [-0.3, -0.25) is 9.59 Å². The number of hydrogen-bond acceptors (Lipinski definition) is 5. The number of amides is 2. The van der Waals surface area contributed by atoms with E-state index in [2.05, 4.69) is 15.5 Å². The van der Waals surface area contributed by atoms with Crippen molar-refractivity contribution in [2.45, 2.75) is 6.54 Å². The molecular formula is C27H23ClN4O4. The Labute approximate surface area is 212 Å². The second-order valence-corrected chi connectivity index (χ2v) is 8.19. The summed E-state index contributed by atoms with van der Waals surface area (Å²) in [5, 5.41) is 22.2. The number of para-hydroxylation sites is 1. The highest BCUT2D eigenvalue weighted by Gasteiger charge is 2.17. The summed E-state index contributed by atoms with van der Waals surface area (Å²) in [5.74, 6) is -0.540. The Morgan fingerprint density at radius 2 is 1.78 bits per heavy atom. The van der Waals surface area contributed by atoms with Crippen LogP contribution in [0, 0.1) is 0 Å². The van der Waals surface area contributed by atoms with Gasteiger partial charge in [-0.2, -0.15) is 0 Å². The predicted molar refractivity (Wildman–Crippen MR) is 139 cm³/mol. The average Bonchev–Trinajstić information content (AvgIpc) is 3.17. The second kappa shape index (κ2) is 11.3. The van der Waals surface area contributed by atoms with Crippen LogP contribution in [0.4, 0.5) is 5.69 Å². The molecule has 0 saturated heterocycles. The number of nitrogens with zero attached hydrogens (tertiary/aromatic N) is 3. The van der Waals surface area contributed by atoms with E-state index in [4.69, 9.17) is 16.3 Å². The van der Waals surface area contributed by atoms with E-state index in [0.29, 0.717) is 28.2 Å². The summed E-state index contributed by atoms with van der Waals surface area (Å²) in [6.45, 7) is -0.0274. The summed E-state index contributed by atoms with van der Waals surface area (Å²) in [6, 6.07) is 21.8. The van der Waals surface area contributed by atoms with Crippen molar-refractivity contribution in [1.82, 2.24) is 9.88 Å². The van der Waals surface area contributed by atoms with Crippen LogP contribution in [0.5, 0.6) is 11.6 Å². The molecule has 4 aromatic rings. The van der Waals surface area contributed by atoms with Gasteiger partial charge in [0.1, 0.15) is 12.3 Å². The molecule has 0 aliphatic carbocycles. The zero-order chi connectivity index (χ0) is 25.5. The SMILES string of the molecule is COc1ccc(C=CC(=O)NCC(=O)N=Nc2c(O)n(Cc3ccccc3Cl)c3ccccc23)cc1. The van der Waals surface area contributed by atoms with Crippen molar-refractivity contribution < 1.29 is 19.4 Å².